The van der Waals surface area contributed by atoms with Crippen LogP contribution in [0.5, 0.6) is 11.5 Å². The maximum Gasteiger partial charge on any atom is 0.231 e. The third-order valence-electron chi connectivity index (χ3n) is 3.40. The number of hydrogen-bond donors (Lipinski definition) is 1. The number of fused-ring (bicyclic) bond motifs is 2. The first kappa shape index (κ1) is 13.6. The zero-order valence-corrected chi connectivity index (χ0v) is 13.3. The Hall–Kier alpha value is -2.05. The highest BCUT2D eigenvalue weighted by Gasteiger charge is 2.15. The van der Waals surface area contributed by atoms with Gasteiger partial charge < -0.3 is 14.8 Å². The monoisotopic (exact) mass is 333 g/mol. The first-order valence-corrected chi connectivity index (χ1v) is 8.05. The summed E-state index contributed by atoms with van der Waals surface area (Å²) in [5.41, 5.74) is 0.865. The Morgan fingerprint density at radius 3 is 2.95 bits per heavy atom. The highest BCUT2D eigenvalue weighted by atomic mass is 35.5. The van der Waals surface area contributed by atoms with Crippen molar-refractivity contribution in [3.8, 4) is 11.5 Å². The van der Waals surface area contributed by atoms with E-state index in [2.05, 4.69) is 28.3 Å². The van der Waals surface area contributed by atoms with Crippen molar-refractivity contribution >= 4 is 44.7 Å². The summed E-state index contributed by atoms with van der Waals surface area (Å²) in [5.74, 6) is 2.17. The summed E-state index contributed by atoms with van der Waals surface area (Å²) in [6.45, 7) is 2.37. The van der Waals surface area contributed by atoms with Crippen molar-refractivity contribution in [1.82, 2.24) is 9.97 Å². The van der Waals surface area contributed by atoms with Gasteiger partial charge in [-0.05, 0) is 36.2 Å². The average molecular weight is 334 g/mol. The van der Waals surface area contributed by atoms with Gasteiger partial charge in [-0.25, -0.2) is 4.98 Å². The highest BCUT2D eigenvalue weighted by molar-refractivity contribution is 7.18. The molecule has 1 N–H and O–H groups in total. The highest BCUT2D eigenvalue weighted by Crippen LogP contribution is 2.36. The van der Waals surface area contributed by atoms with Gasteiger partial charge in [-0.2, -0.15) is 4.98 Å². The van der Waals surface area contributed by atoms with E-state index >= 15 is 0 Å². The lowest BCUT2D eigenvalue weighted by molar-refractivity contribution is 0.174. The van der Waals surface area contributed by atoms with Crippen LogP contribution in [0.3, 0.4) is 0 Å². The predicted molar refractivity (Wildman–Crippen MR) is 87.7 cm³/mol. The first-order chi connectivity index (χ1) is 10.7. The van der Waals surface area contributed by atoms with E-state index in [4.69, 9.17) is 21.1 Å². The largest absolute Gasteiger partial charge is 0.454 e. The molecule has 5 nitrogen and oxygen atoms in total. The van der Waals surface area contributed by atoms with Crippen LogP contribution in [0.4, 0.5) is 11.5 Å². The van der Waals surface area contributed by atoms with Crippen LogP contribution in [0.15, 0.2) is 24.3 Å². The van der Waals surface area contributed by atoms with Gasteiger partial charge in [-0.1, -0.05) is 6.92 Å². The lowest BCUT2D eigenvalue weighted by Crippen LogP contribution is -1.96. The molecule has 4 rings (SSSR count). The summed E-state index contributed by atoms with van der Waals surface area (Å²) in [4.78, 5) is 10.7. The van der Waals surface area contributed by atoms with Crippen molar-refractivity contribution in [3.05, 3.63) is 34.4 Å². The maximum absolute atomic E-state index is 6.04. The van der Waals surface area contributed by atoms with E-state index in [1.165, 1.54) is 4.88 Å². The van der Waals surface area contributed by atoms with Crippen LogP contribution in [0, 0.1) is 0 Å². The zero-order valence-electron chi connectivity index (χ0n) is 11.7. The third-order valence-corrected chi connectivity index (χ3v) is 4.74. The molecule has 0 amide bonds. The number of hydrogen-bond acceptors (Lipinski definition) is 6. The van der Waals surface area contributed by atoms with Gasteiger partial charge in [0.15, 0.2) is 11.5 Å². The van der Waals surface area contributed by atoms with E-state index < -0.39 is 0 Å². The van der Waals surface area contributed by atoms with Gasteiger partial charge in [0.2, 0.25) is 12.1 Å². The van der Waals surface area contributed by atoms with E-state index in [1.54, 1.807) is 11.3 Å². The number of thiophene rings is 1. The van der Waals surface area contributed by atoms with Crippen molar-refractivity contribution in [1.29, 1.82) is 0 Å². The summed E-state index contributed by atoms with van der Waals surface area (Å²) >= 11 is 7.67. The number of nitrogens with zero attached hydrogens (tertiary/aromatic N) is 2. The Bertz CT molecular complexity index is 865. The Balaban J connectivity index is 1.75. The quantitative estimate of drug-likeness (QED) is 0.721. The second-order valence-corrected chi connectivity index (χ2v) is 6.27. The van der Waals surface area contributed by atoms with Crippen LogP contribution in [-0.2, 0) is 6.42 Å². The summed E-state index contributed by atoms with van der Waals surface area (Å²) in [6.07, 6.45) is 0.960. The fourth-order valence-electron chi connectivity index (χ4n) is 2.33. The van der Waals surface area contributed by atoms with Gasteiger partial charge in [0, 0.05) is 16.6 Å². The van der Waals surface area contributed by atoms with Gasteiger partial charge in [-0.3, -0.25) is 0 Å². The van der Waals surface area contributed by atoms with Gasteiger partial charge in [0.1, 0.15) is 10.6 Å². The molecule has 0 bridgehead atoms. The Morgan fingerprint density at radius 1 is 1.23 bits per heavy atom. The molecule has 0 unspecified atom stereocenters. The maximum atomic E-state index is 6.04. The number of aryl methyl sites for hydroxylation is 1. The van der Waals surface area contributed by atoms with Gasteiger partial charge in [0.25, 0.3) is 0 Å². The summed E-state index contributed by atoms with van der Waals surface area (Å²) < 4.78 is 10.7. The number of ether oxygens (including phenoxy) is 2. The van der Waals surface area contributed by atoms with Gasteiger partial charge in [0.05, 0.1) is 5.39 Å². The van der Waals surface area contributed by atoms with E-state index in [-0.39, 0.29) is 12.1 Å². The topological polar surface area (TPSA) is 56.3 Å². The first-order valence-electron chi connectivity index (χ1n) is 6.85. The second kappa shape index (κ2) is 5.30. The normalized spacial score (nSPS) is 12.8. The number of rotatable bonds is 3. The van der Waals surface area contributed by atoms with Gasteiger partial charge in [-0.15, -0.1) is 11.3 Å². The molecule has 0 spiro atoms. The van der Waals surface area contributed by atoms with Crippen molar-refractivity contribution in [2.24, 2.45) is 0 Å². The van der Waals surface area contributed by atoms with E-state index in [0.717, 1.165) is 33.8 Å². The summed E-state index contributed by atoms with van der Waals surface area (Å²) in [5, 5.41) is 4.50. The Labute approximate surface area is 135 Å². The van der Waals surface area contributed by atoms with Crippen LogP contribution in [0.2, 0.25) is 5.28 Å². The molecule has 112 valence electrons. The van der Waals surface area contributed by atoms with Crippen molar-refractivity contribution in [2.75, 3.05) is 12.1 Å². The molecule has 1 aliphatic heterocycles. The minimum atomic E-state index is 0.236. The number of halogens is 1. The molecule has 1 aliphatic rings. The number of aromatic nitrogens is 2. The minimum absolute atomic E-state index is 0.236. The molecule has 2 aromatic heterocycles. The predicted octanol–water partition coefficient (Wildman–Crippen LogP) is 4.38. The lowest BCUT2D eigenvalue weighted by atomic mass is 10.2. The number of benzene rings is 1. The van der Waals surface area contributed by atoms with Gasteiger partial charge >= 0.3 is 0 Å². The Morgan fingerprint density at radius 2 is 2.09 bits per heavy atom. The van der Waals surface area contributed by atoms with E-state index in [1.807, 2.05) is 18.2 Å². The zero-order chi connectivity index (χ0) is 15.1. The average Bonchev–Trinajstić information content (AvgIpc) is 3.12. The fraction of sp³-hybridized carbons (Fsp3) is 0.200. The van der Waals surface area contributed by atoms with E-state index in [0.29, 0.717) is 5.82 Å². The molecule has 0 aliphatic carbocycles. The van der Waals surface area contributed by atoms with Crippen LogP contribution in [0.25, 0.3) is 10.2 Å². The standard InChI is InChI=1S/C15H12ClN3O2S/c1-2-9-6-10-13(18-15(16)19-14(10)22-9)17-8-3-4-11-12(5-8)21-7-20-11/h3-6H,2,7H2,1H3,(H,17,18,19). The van der Waals surface area contributed by atoms with Crippen LogP contribution in [-0.4, -0.2) is 16.8 Å². The minimum Gasteiger partial charge on any atom is -0.454 e. The van der Waals surface area contributed by atoms with Crippen LogP contribution < -0.4 is 14.8 Å². The molecule has 3 aromatic rings. The molecule has 0 radical (unpaired) electrons. The number of anilines is 2. The molecule has 22 heavy (non-hydrogen) atoms. The summed E-state index contributed by atoms with van der Waals surface area (Å²) in [7, 11) is 0. The van der Waals surface area contributed by atoms with Crippen molar-refractivity contribution in [3.63, 3.8) is 0 Å². The molecule has 3 heterocycles. The number of nitrogens with one attached hydrogen (secondary N) is 1. The molecule has 0 atom stereocenters. The van der Waals surface area contributed by atoms with Crippen LogP contribution in [0.1, 0.15) is 11.8 Å². The molecule has 7 heteroatoms. The molecular weight excluding hydrogens is 322 g/mol. The van der Waals surface area contributed by atoms with Crippen molar-refractivity contribution in [2.45, 2.75) is 13.3 Å². The fourth-order valence-corrected chi connectivity index (χ4v) is 3.51. The summed E-state index contributed by atoms with van der Waals surface area (Å²) in [6, 6.07) is 7.78. The molecule has 1 aromatic carbocycles. The van der Waals surface area contributed by atoms with Crippen molar-refractivity contribution < 1.29 is 9.47 Å². The Kier molecular flexibility index (Phi) is 3.28. The molecule has 0 saturated carbocycles. The third kappa shape index (κ3) is 2.34. The SMILES string of the molecule is CCc1cc2c(Nc3ccc4c(c3)OCO4)nc(Cl)nc2s1. The van der Waals surface area contributed by atoms with E-state index in [9.17, 15) is 0 Å². The second-order valence-electron chi connectivity index (χ2n) is 4.82. The smallest absolute Gasteiger partial charge is 0.231 e. The molecule has 0 fully saturated rings. The lowest BCUT2D eigenvalue weighted by Gasteiger charge is -2.07. The molecular formula is C15H12ClN3O2S. The molecule has 0 saturated heterocycles. The van der Waals surface area contributed by atoms with Crippen LogP contribution >= 0.6 is 22.9 Å².